The Hall–Kier alpha value is -1.09. The Bertz CT molecular complexity index is 728. The van der Waals surface area contributed by atoms with Crippen LogP contribution in [0.2, 0.25) is 5.02 Å². The summed E-state index contributed by atoms with van der Waals surface area (Å²) in [6.07, 6.45) is 1.98. The van der Waals surface area contributed by atoms with Crippen LogP contribution in [0.1, 0.15) is 5.89 Å². The van der Waals surface area contributed by atoms with Gasteiger partial charge in [0.15, 0.2) is 8.68 Å². The Kier molecular flexibility index (Phi) is 4.79. The number of thioether (sulfide) groups is 2. The highest BCUT2D eigenvalue weighted by molar-refractivity contribution is 8.02. The maximum atomic E-state index is 5.85. The molecule has 0 aliphatic carbocycles. The average molecular weight is 357 g/mol. The van der Waals surface area contributed by atoms with Gasteiger partial charge >= 0.3 is 0 Å². The van der Waals surface area contributed by atoms with Gasteiger partial charge in [-0.15, -0.1) is 20.4 Å². The molecular formula is C12H9ClN4OS3. The summed E-state index contributed by atoms with van der Waals surface area (Å²) >= 11 is 10.5. The summed E-state index contributed by atoms with van der Waals surface area (Å²) < 4.78 is 7.47. The summed E-state index contributed by atoms with van der Waals surface area (Å²) in [5.41, 5.74) is 0.851. The highest BCUT2D eigenvalue weighted by Gasteiger charge is 2.10. The fraction of sp³-hybridized carbons (Fsp3) is 0.167. The third-order valence-corrected chi connectivity index (χ3v) is 5.71. The summed E-state index contributed by atoms with van der Waals surface area (Å²) in [5.74, 6) is 1.62. The Balaban J connectivity index is 1.66. The number of hydrogen-bond acceptors (Lipinski definition) is 8. The van der Waals surface area contributed by atoms with Crippen LogP contribution in [0.5, 0.6) is 0 Å². The lowest BCUT2D eigenvalue weighted by atomic mass is 10.2. The third-order valence-electron chi connectivity index (χ3n) is 2.44. The zero-order valence-corrected chi connectivity index (χ0v) is 14.0. The van der Waals surface area contributed by atoms with Gasteiger partial charge in [-0.05, 0) is 30.5 Å². The lowest BCUT2D eigenvalue weighted by molar-refractivity contribution is 0.528. The van der Waals surface area contributed by atoms with E-state index in [1.807, 2.05) is 18.4 Å². The standard InChI is InChI=1S/C12H9ClN4OS3/c1-19-11-16-17-12(21-11)20-6-9-14-15-10(18-9)7-2-4-8(13)5-3-7/h2-5H,6H2,1H3. The molecule has 2 aromatic heterocycles. The molecule has 0 radical (unpaired) electrons. The first-order chi connectivity index (χ1) is 10.2. The molecule has 0 aliphatic heterocycles. The van der Waals surface area contributed by atoms with Crippen LogP contribution in [0.4, 0.5) is 0 Å². The van der Waals surface area contributed by atoms with Crippen LogP contribution >= 0.6 is 46.5 Å². The fourth-order valence-corrected chi connectivity index (χ4v) is 3.88. The molecule has 0 bridgehead atoms. The molecule has 0 spiro atoms. The SMILES string of the molecule is CSc1nnc(SCc2nnc(-c3ccc(Cl)cc3)o2)s1. The zero-order chi connectivity index (χ0) is 14.7. The van der Waals surface area contributed by atoms with E-state index in [1.165, 1.54) is 11.8 Å². The largest absolute Gasteiger partial charge is 0.420 e. The van der Waals surface area contributed by atoms with Crippen LogP contribution in [0.15, 0.2) is 37.4 Å². The molecule has 9 heteroatoms. The van der Waals surface area contributed by atoms with Gasteiger partial charge in [0, 0.05) is 10.6 Å². The summed E-state index contributed by atoms with van der Waals surface area (Å²) in [7, 11) is 0. The van der Waals surface area contributed by atoms with Crippen molar-refractivity contribution in [3.05, 3.63) is 35.2 Å². The van der Waals surface area contributed by atoms with E-state index in [-0.39, 0.29) is 0 Å². The highest BCUT2D eigenvalue weighted by Crippen LogP contribution is 2.30. The Morgan fingerprint density at radius 3 is 2.57 bits per heavy atom. The van der Waals surface area contributed by atoms with E-state index in [2.05, 4.69) is 20.4 Å². The molecule has 0 saturated heterocycles. The minimum Gasteiger partial charge on any atom is -0.420 e. The van der Waals surface area contributed by atoms with Crippen LogP contribution in [-0.4, -0.2) is 26.7 Å². The van der Waals surface area contributed by atoms with Crippen molar-refractivity contribution in [2.45, 2.75) is 14.4 Å². The number of halogens is 1. The van der Waals surface area contributed by atoms with E-state index in [1.54, 1.807) is 35.2 Å². The van der Waals surface area contributed by atoms with E-state index in [0.717, 1.165) is 14.2 Å². The van der Waals surface area contributed by atoms with Crippen molar-refractivity contribution in [3.8, 4) is 11.5 Å². The van der Waals surface area contributed by atoms with E-state index in [9.17, 15) is 0 Å². The molecule has 21 heavy (non-hydrogen) atoms. The van der Waals surface area contributed by atoms with Crippen LogP contribution in [-0.2, 0) is 5.75 Å². The maximum Gasteiger partial charge on any atom is 0.247 e. The van der Waals surface area contributed by atoms with Crippen LogP contribution in [0, 0.1) is 0 Å². The van der Waals surface area contributed by atoms with Gasteiger partial charge in [-0.2, -0.15) is 0 Å². The van der Waals surface area contributed by atoms with Gasteiger partial charge in [0.05, 0.1) is 5.75 Å². The summed E-state index contributed by atoms with van der Waals surface area (Å²) in [6, 6.07) is 7.28. The second-order valence-electron chi connectivity index (χ2n) is 3.83. The van der Waals surface area contributed by atoms with Gasteiger partial charge < -0.3 is 4.42 Å². The lowest BCUT2D eigenvalue weighted by Gasteiger charge is -1.94. The predicted molar refractivity (Wildman–Crippen MR) is 86.0 cm³/mol. The van der Waals surface area contributed by atoms with E-state index >= 15 is 0 Å². The third kappa shape index (κ3) is 3.76. The molecule has 3 aromatic rings. The first-order valence-electron chi connectivity index (χ1n) is 5.83. The molecule has 2 heterocycles. The van der Waals surface area contributed by atoms with E-state index in [4.69, 9.17) is 16.0 Å². The number of rotatable bonds is 5. The van der Waals surface area contributed by atoms with E-state index < -0.39 is 0 Å². The molecule has 108 valence electrons. The first kappa shape index (κ1) is 14.8. The van der Waals surface area contributed by atoms with Crippen LogP contribution in [0.3, 0.4) is 0 Å². The number of aromatic nitrogens is 4. The van der Waals surface area contributed by atoms with Gasteiger partial charge in [0.1, 0.15) is 0 Å². The van der Waals surface area contributed by atoms with Crippen molar-refractivity contribution in [2.24, 2.45) is 0 Å². The number of benzene rings is 1. The molecular weight excluding hydrogens is 348 g/mol. The van der Waals surface area contributed by atoms with Crippen molar-refractivity contribution in [3.63, 3.8) is 0 Å². The smallest absolute Gasteiger partial charge is 0.247 e. The van der Waals surface area contributed by atoms with Gasteiger partial charge in [-0.3, -0.25) is 0 Å². The second-order valence-corrected chi connectivity index (χ2v) is 7.52. The predicted octanol–water partition coefficient (Wildman–Crippen LogP) is 4.26. The lowest BCUT2D eigenvalue weighted by Crippen LogP contribution is -1.80. The molecule has 1 aromatic carbocycles. The summed E-state index contributed by atoms with van der Waals surface area (Å²) in [4.78, 5) is 0. The van der Waals surface area contributed by atoms with Crippen molar-refractivity contribution >= 4 is 46.5 Å². The first-order valence-corrected chi connectivity index (χ1v) is 9.23. The molecule has 0 aliphatic rings. The molecule has 0 unspecified atom stereocenters. The van der Waals surface area contributed by atoms with Gasteiger partial charge in [0.2, 0.25) is 11.8 Å². The summed E-state index contributed by atoms with van der Waals surface area (Å²) in [5, 5.41) is 16.9. The van der Waals surface area contributed by atoms with Crippen molar-refractivity contribution < 1.29 is 4.42 Å². The molecule has 0 fully saturated rings. The normalized spacial score (nSPS) is 11.0. The highest BCUT2D eigenvalue weighted by atomic mass is 35.5. The zero-order valence-electron chi connectivity index (χ0n) is 10.8. The molecule has 0 amide bonds. The quantitative estimate of drug-likeness (QED) is 0.633. The van der Waals surface area contributed by atoms with Crippen LogP contribution < -0.4 is 0 Å². The van der Waals surface area contributed by atoms with Crippen molar-refractivity contribution in [2.75, 3.05) is 6.26 Å². The second kappa shape index (κ2) is 6.78. The minimum absolute atomic E-state index is 0.490. The molecule has 5 nitrogen and oxygen atoms in total. The average Bonchev–Trinajstić information content (AvgIpc) is 3.15. The van der Waals surface area contributed by atoms with Gasteiger partial charge in [0.25, 0.3) is 0 Å². The van der Waals surface area contributed by atoms with Crippen molar-refractivity contribution in [1.82, 2.24) is 20.4 Å². The Morgan fingerprint density at radius 2 is 1.86 bits per heavy atom. The summed E-state index contributed by atoms with van der Waals surface area (Å²) in [6.45, 7) is 0. The fourth-order valence-electron chi connectivity index (χ4n) is 1.48. The minimum atomic E-state index is 0.490. The van der Waals surface area contributed by atoms with E-state index in [0.29, 0.717) is 22.6 Å². The van der Waals surface area contributed by atoms with Gasteiger partial charge in [-0.25, -0.2) is 0 Å². The van der Waals surface area contributed by atoms with Crippen molar-refractivity contribution in [1.29, 1.82) is 0 Å². The van der Waals surface area contributed by atoms with Gasteiger partial charge in [-0.1, -0.05) is 46.5 Å². The monoisotopic (exact) mass is 356 g/mol. The molecule has 0 saturated carbocycles. The molecule has 0 atom stereocenters. The van der Waals surface area contributed by atoms with Crippen LogP contribution in [0.25, 0.3) is 11.5 Å². The number of nitrogens with zero attached hydrogens (tertiary/aromatic N) is 4. The topological polar surface area (TPSA) is 64.7 Å². The number of hydrogen-bond donors (Lipinski definition) is 0. The molecule has 0 N–H and O–H groups in total. The Morgan fingerprint density at radius 1 is 1.10 bits per heavy atom. The molecule has 3 rings (SSSR count). The Labute approximate surface area is 138 Å². The maximum absolute atomic E-state index is 5.85.